The average Bonchev–Trinajstić information content (AvgIpc) is 1.97. The van der Waals surface area contributed by atoms with Gasteiger partial charge in [-0.25, -0.2) is 4.79 Å². The van der Waals surface area contributed by atoms with Crippen LogP contribution in [-0.2, 0) is 9.53 Å². The van der Waals surface area contributed by atoms with Crippen molar-refractivity contribution in [3.63, 3.8) is 0 Å². The highest BCUT2D eigenvalue weighted by Gasteiger charge is 2.01. The van der Waals surface area contributed by atoms with Crippen molar-refractivity contribution in [3.8, 4) is 0 Å². The van der Waals surface area contributed by atoms with Crippen molar-refractivity contribution < 1.29 is 9.53 Å². The molecule has 0 atom stereocenters. The number of ether oxygens (including phenoxy) is 1. The lowest BCUT2D eigenvalue weighted by molar-refractivity contribution is -0.139. The first-order valence-electron chi connectivity index (χ1n) is 4.07. The van der Waals surface area contributed by atoms with Gasteiger partial charge in [-0.05, 0) is 12.8 Å². The summed E-state index contributed by atoms with van der Waals surface area (Å²) in [6.45, 7) is 10.4. The maximum Gasteiger partial charge on any atom is 0.334 e. The van der Waals surface area contributed by atoms with Gasteiger partial charge in [-0.2, -0.15) is 0 Å². The number of esters is 1. The molecule has 3 heteroatoms. The molecule has 0 spiro atoms. The largest absolute Gasteiger partial charge is 0.446 e. The Hall–Kier alpha value is -0.830. The molecule has 70 valence electrons. The topological polar surface area (TPSA) is 38.3 Å². The van der Waals surface area contributed by atoms with Crippen molar-refractivity contribution in [3.05, 3.63) is 12.2 Å². The minimum atomic E-state index is -0.341. The van der Waals surface area contributed by atoms with Crippen LogP contribution in [0.25, 0.3) is 0 Å². The summed E-state index contributed by atoms with van der Waals surface area (Å²) in [6.07, 6.45) is 0. The number of hydrogen-bond acceptors (Lipinski definition) is 3. The molecule has 0 amide bonds. The molecular weight excluding hydrogens is 154 g/mol. The molecule has 0 aromatic heterocycles. The Morgan fingerprint density at radius 2 is 2.17 bits per heavy atom. The normalized spacial score (nSPS) is 10.0. The van der Waals surface area contributed by atoms with E-state index in [9.17, 15) is 4.79 Å². The van der Waals surface area contributed by atoms with Gasteiger partial charge < -0.3 is 4.74 Å². The zero-order valence-electron chi connectivity index (χ0n) is 8.02. The molecule has 3 nitrogen and oxygen atoms in total. The summed E-state index contributed by atoms with van der Waals surface area (Å²) in [5.41, 5.74) is 0.432. The zero-order valence-corrected chi connectivity index (χ0v) is 8.02. The van der Waals surface area contributed by atoms with E-state index in [-0.39, 0.29) is 12.7 Å². The minimum Gasteiger partial charge on any atom is -0.446 e. The first kappa shape index (κ1) is 11.2. The molecule has 0 saturated heterocycles. The summed E-state index contributed by atoms with van der Waals surface area (Å²) in [7, 11) is 0. The molecular formula is C9H17NO2. The van der Waals surface area contributed by atoms with E-state index in [0.29, 0.717) is 11.5 Å². The number of nitrogens with one attached hydrogen (secondary N) is 1. The second-order valence-corrected chi connectivity index (χ2v) is 3.20. The lowest BCUT2D eigenvalue weighted by atomic mass is 10.2. The van der Waals surface area contributed by atoms with Gasteiger partial charge in [-0.1, -0.05) is 20.4 Å². The Bertz CT molecular complexity index is 164. The molecule has 0 bridgehead atoms. The second-order valence-electron chi connectivity index (χ2n) is 3.20. The number of hydrogen-bond donors (Lipinski definition) is 1. The van der Waals surface area contributed by atoms with Crippen LogP contribution in [0.1, 0.15) is 20.8 Å². The van der Waals surface area contributed by atoms with E-state index >= 15 is 0 Å². The molecule has 12 heavy (non-hydrogen) atoms. The van der Waals surface area contributed by atoms with Crippen molar-refractivity contribution in [2.24, 2.45) is 5.92 Å². The third-order valence-electron chi connectivity index (χ3n) is 1.21. The van der Waals surface area contributed by atoms with Crippen LogP contribution in [0.5, 0.6) is 0 Å². The summed E-state index contributed by atoms with van der Waals surface area (Å²) in [4.78, 5) is 10.8. The third kappa shape index (κ3) is 5.92. The fourth-order valence-electron chi connectivity index (χ4n) is 0.587. The van der Waals surface area contributed by atoms with Crippen molar-refractivity contribution >= 4 is 5.97 Å². The fourth-order valence-corrected chi connectivity index (χ4v) is 0.587. The standard InChI is InChI=1S/C9H17NO2/c1-7(2)5-10-6-12-9(11)8(3)4/h7,10H,3,5-6H2,1-2,4H3. The third-order valence-corrected chi connectivity index (χ3v) is 1.21. The van der Waals surface area contributed by atoms with Crippen LogP contribution in [0.3, 0.4) is 0 Å². The Morgan fingerprint density at radius 3 is 2.58 bits per heavy atom. The van der Waals surface area contributed by atoms with Gasteiger partial charge in [0.15, 0.2) is 0 Å². The Labute approximate surface area is 73.8 Å². The van der Waals surface area contributed by atoms with Crippen LogP contribution >= 0.6 is 0 Å². The lowest BCUT2D eigenvalue weighted by Gasteiger charge is -2.07. The second kappa shape index (κ2) is 5.77. The first-order chi connectivity index (χ1) is 5.54. The average molecular weight is 171 g/mol. The van der Waals surface area contributed by atoms with E-state index in [4.69, 9.17) is 4.74 Å². The molecule has 0 saturated carbocycles. The maximum absolute atomic E-state index is 10.8. The predicted molar refractivity (Wildman–Crippen MR) is 48.6 cm³/mol. The summed E-state index contributed by atoms with van der Waals surface area (Å²) >= 11 is 0. The molecule has 1 N–H and O–H groups in total. The Balaban J connectivity index is 3.32. The summed E-state index contributed by atoms with van der Waals surface area (Å²) < 4.78 is 4.80. The summed E-state index contributed by atoms with van der Waals surface area (Å²) in [6, 6.07) is 0. The van der Waals surface area contributed by atoms with Crippen molar-refractivity contribution in [1.82, 2.24) is 5.32 Å². The van der Waals surface area contributed by atoms with Gasteiger partial charge in [0.25, 0.3) is 0 Å². The van der Waals surface area contributed by atoms with E-state index in [1.165, 1.54) is 0 Å². The molecule has 0 aliphatic rings. The molecule has 0 unspecified atom stereocenters. The SMILES string of the molecule is C=C(C)C(=O)OCNCC(C)C. The molecule has 0 aromatic rings. The van der Waals surface area contributed by atoms with Gasteiger partial charge in [0.1, 0.15) is 6.73 Å². The van der Waals surface area contributed by atoms with E-state index in [0.717, 1.165) is 6.54 Å². The molecule has 0 aromatic carbocycles. The highest BCUT2D eigenvalue weighted by atomic mass is 16.5. The van der Waals surface area contributed by atoms with Gasteiger partial charge in [0, 0.05) is 12.1 Å². The van der Waals surface area contributed by atoms with Crippen LogP contribution in [0.4, 0.5) is 0 Å². The maximum atomic E-state index is 10.8. The van der Waals surface area contributed by atoms with E-state index in [1.807, 2.05) is 0 Å². The molecule has 0 aliphatic heterocycles. The molecule has 0 fully saturated rings. The van der Waals surface area contributed by atoms with Crippen molar-refractivity contribution in [1.29, 1.82) is 0 Å². The Kier molecular flexibility index (Phi) is 5.37. The summed E-state index contributed by atoms with van der Waals surface area (Å²) in [5.74, 6) is 0.222. The van der Waals surface area contributed by atoms with Gasteiger partial charge in [-0.3, -0.25) is 5.32 Å². The highest BCUT2D eigenvalue weighted by Crippen LogP contribution is 1.91. The van der Waals surface area contributed by atoms with Crippen molar-refractivity contribution in [2.75, 3.05) is 13.3 Å². The van der Waals surface area contributed by atoms with E-state index in [1.54, 1.807) is 6.92 Å². The molecule has 0 radical (unpaired) electrons. The van der Waals surface area contributed by atoms with Gasteiger partial charge in [0.05, 0.1) is 0 Å². The smallest absolute Gasteiger partial charge is 0.334 e. The minimum absolute atomic E-state index is 0.268. The zero-order chi connectivity index (χ0) is 9.56. The van der Waals surface area contributed by atoms with E-state index < -0.39 is 0 Å². The molecule has 0 rings (SSSR count). The van der Waals surface area contributed by atoms with Gasteiger partial charge in [-0.15, -0.1) is 0 Å². The van der Waals surface area contributed by atoms with Gasteiger partial charge >= 0.3 is 5.97 Å². The quantitative estimate of drug-likeness (QED) is 0.293. The number of carbonyl (C=O) groups is 1. The fraction of sp³-hybridized carbons (Fsp3) is 0.667. The van der Waals surface area contributed by atoms with Crippen LogP contribution in [0, 0.1) is 5.92 Å². The number of rotatable bonds is 5. The number of carbonyl (C=O) groups excluding carboxylic acids is 1. The first-order valence-corrected chi connectivity index (χ1v) is 4.07. The van der Waals surface area contributed by atoms with Gasteiger partial charge in [0.2, 0.25) is 0 Å². The van der Waals surface area contributed by atoms with Crippen LogP contribution in [0.15, 0.2) is 12.2 Å². The van der Waals surface area contributed by atoms with Crippen molar-refractivity contribution in [2.45, 2.75) is 20.8 Å². The highest BCUT2D eigenvalue weighted by molar-refractivity contribution is 5.86. The van der Waals surface area contributed by atoms with Crippen LogP contribution in [-0.4, -0.2) is 19.2 Å². The predicted octanol–water partition coefficient (Wildman–Crippen LogP) is 1.31. The summed E-state index contributed by atoms with van der Waals surface area (Å²) in [5, 5.41) is 2.99. The monoisotopic (exact) mass is 171 g/mol. The molecule has 0 heterocycles. The van der Waals surface area contributed by atoms with Crippen LogP contribution in [0.2, 0.25) is 0 Å². The lowest BCUT2D eigenvalue weighted by Crippen LogP contribution is -2.24. The van der Waals surface area contributed by atoms with E-state index in [2.05, 4.69) is 25.7 Å². The Morgan fingerprint density at radius 1 is 1.58 bits per heavy atom. The van der Waals surface area contributed by atoms with Crippen LogP contribution < -0.4 is 5.32 Å². The molecule has 0 aliphatic carbocycles.